The van der Waals surface area contributed by atoms with Crippen LogP contribution in [-0.4, -0.2) is 18.0 Å². The Balaban J connectivity index is 2.06. The summed E-state index contributed by atoms with van der Waals surface area (Å²) < 4.78 is 5.85. The summed E-state index contributed by atoms with van der Waals surface area (Å²) in [5.74, 6) is 2.41. The van der Waals surface area contributed by atoms with Gasteiger partial charge in [-0.1, -0.05) is 20.8 Å². The topological polar surface area (TPSA) is 26.3 Å². The van der Waals surface area contributed by atoms with E-state index >= 15 is 0 Å². The van der Waals surface area contributed by atoms with Crippen LogP contribution < -0.4 is 0 Å². The Morgan fingerprint density at radius 2 is 2.06 bits per heavy atom. The molecular formula is C14H22O2. The van der Waals surface area contributed by atoms with Crippen molar-refractivity contribution in [1.29, 1.82) is 0 Å². The summed E-state index contributed by atoms with van der Waals surface area (Å²) in [6.45, 7) is 9.65. The summed E-state index contributed by atoms with van der Waals surface area (Å²) in [4.78, 5) is 12.6. The van der Waals surface area contributed by atoms with Crippen molar-refractivity contribution in [2.24, 2.45) is 29.1 Å². The third kappa shape index (κ3) is 0.919. The molecule has 3 fully saturated rings. The molecule has 2 heteroatoms. The van der Waals surface area contributed by atoms with Crippen LogP contribution in [-0.2, 0) is 9.53 Å². The van der Waals surface area contributed by atoms with E-state index < -0.39 is 5.60 Å². The number of carbonyl (C=O) groups is 1. The average Bonchev–Trinajstić information content (AvgIpc) is 2.53. The molecule has 1 aliphatic heterocycles. The van der Waals surface area contributed by atoms with Crippen LogP contribution in [0, 0.1) is 29.1 Å². The van der Waals surface area contributed by atoms with Gasteiger partial charge in [-0.3, -0.25) is 4.79 Å². The Bertz CT molecular complexity index is 349. The average molecular weight is 222 g/mol. The van der Waals surface area contributed by atoms with Gasteiger partial charge in [0, 0.05) is 17.3 Å². The van der Waals surface area contributed by atoms with Gasteiger partial charge >= 0.3 is 0 Å². The Labute approximate surface area is 97.7 Å². The highest BCUT2D eigenvalue weighted by Crippen LogP contribution is 2.66. The predicted octanol–water partition coefficient (Wildman–Crippen LogP) is 2.66. The molecule has 5 atom stereocenters. The van der Waals surface area contributed by atoms with Crippen LogP contribution in [0.5, 0.6) is 0 Å². The zero-order chi connectivity index (χ0) is 11.7. The number of Topliss-reactive ketones (excluding diaryl/α,β-unsaturated/α-hetero) is 1. The number of ketones is 1. The molecule has 0 spiro atoms. The Morgan fingerprint density at radius 1 is 1.38 bits per heavy atom. The van der Waals surface area contributed by atoms with Crippen LogP contribution in [0.25, 0.3) is 0 Å². The predicted molar refractivity (Wildman–Crippen MR) is 62.0 cm³/mol. The van der Waals surface area contributed by atoms with Crippen molar-refractivity contribution in [3.05, 3.63) is 0 Å². The van der Waals surface area contributed by atoms with Gasteiger partial charge in [-0.15, -0.1) is 0 Å². The van der Waals surface area contributed by atoms with Crippen molar-refractivity contribution in [1.82, 2.24) is 0 Å². The van der Waals surface area contributed by atoms with E-state index in [1.54, 1.807) is 0 Å². The van der Waals surface area contributed by atoms with Gasteiger partial charge in [0.15, 0.2) is 5.78 Å². The Morgan fingerprint density at radius 3 is 2.69 bits per heavy atom. The molecule has 90 valence electrons. The lowest BCUT2D eigenvalue weighted by Gasteiger charge is -2.40. The molecule has 4 bridgehead atoms. The summed E-state index contributed by atoms with van der Waals surface area (Å²) in [6.07, 6.45) is 2.37. The van der Waals surface area contributed by atoms with E-state index in [1.165, 1.54) is 12.8 Å². The van der Waals surface area contributed by atoms with Gasteiger partial charge < -0.3 is 4.74 Å². The van der Waals surface area contributed by atoms with Crippen molar-refractivity contribution in [2.45, 2.75) is 46.1 Å². The molecule has 1 saturated heterocycles. The van der Waals surface area contributed by atoms with Gasteiger partial charge in [-0.2, -0.15) is 0 Å². The number of ether oxygens (including phenoxy) is 1. The summed E-state index contributed by atoms with van der Waals surface area (Å²) in [6, 6.07) is 0. The molecule has 0 aromatic heterocycles. The second-order valence-corrected chi connectivity index (χ2v) is 6.70. The van der Waals surface area contributed by atoms with Crippen LogP contribution in [0.1, 0.15) is 40.5 Å². The second kappa shape index (κ2) is 2.90. The highest BCUT2D eigenvalue weighted by atomic mass is 16.5. The summed E-state index contributed by atoms with van der Waals surface area (Å²) >= 11 is 0. The van der Waals surface area contributed by atoms with Crippen molar-refractivity contribution < 1.29 is 9.53 Å². The fourth-order valence-electron chi connectivity index (χ4n) is 4.62. The molecule has 2 aliphatic carbocycles. The number of hydrogen-bond acceptors (Lipinski definition) is 2. The first kappa shape index (κ1) is 10.8. The summed E-state index contributed by atoms with van der Waals surface area (Å²) in [7, 11) is 0. The quantitative estimate of drug-likeness (QED) is 0.682. The van der Waals surface area contributed by atoms with Crippen LogP contribution >= 0.6 is 0 Å². The third-order valence-corrected chi connectivity index (χ3v) is 5.98. The highest BCUT2D eigenvalue weighted by Gasteiger charge is 2.72. The first-order chi connectivity index (χ1) is 7.42. The van der Waals surface area contributed by atoms with E-state index in [0.29, 0.717) is 23.5 Å². The van der Waals surface area contributed by atoms with E-state index in [-0.39, 0.29) is 11.3 Å². The van der Waals surface area contributed by atoms with Crippen molar-refractivity contribution >= 4 is 5.78 Å². The molecule has 5 unspecified atom stereocenters. The monoisotopic (exact) mass is 222 g/mol. The molecule has 0 N–H and O–H groups in total. The maximum Gasteiger partial charge on any atom is 0.168 e. The molecule has 0 aromatic rings. The van der Waals surface area contributed by atoms with E-state index in [2.05, 4.69) is 20.8 Å². The van der Waals surface area contributed by atoms with Gasteiger partial charge in [0.05, 0.1) is 6.61 Å². The highest BCUT2D eigenvalue weighted by molar-refractivity contribution is 5.94. The lowest BCUT2D eigenvalue weighted by Crippen LogP contribution is -2.43. The van der Waals surface area contributed by atoms with Crippen LogP contribution in [0.4, 0.5) is 0 Å². The van der Waals surface area contributed by atoms with Crippen LogP contribution in [0.15, 0.2) is 0 Å². The largest absolute Gasteiger partial charge is 0.367 e. The third-order valence-electron chi connectivity index (χ3n) is 5.98. The second-order valence-electron chi connectivity index (χ2n) is 6.70. The molecule has 1 heterocycles. The van der Waals surface area contributed by atoms with Crippen LogP contribution in [0.3, 0.4) is 0 Å². The number of hydrogen-bond donors (Lipinski definition) is 0. The molecular weight excluding hydrogens is 200 g/mol. The van der Waals surface area contributed by atoms with Crippen LogP contribution in [0.2, 0.25) is 0 Å². The van der Waals surface area contributed by atoms with Crippen molar-refractivity contribution in [3.63, 3.8) is 0 Å². The SMILES string of the molecule is CC(C)C1CCC2(C)C3COC2(C)C(=O)C13. The standard InChI is InChI=1S/C14H22O2/c1-8(2)9-5-6-13(3)10-7-16-14(13,4)12(15)11(9)10/h8-11H,5-7H2,1-4H3. The Kier molecular flexibility index (Phi) is 1.95. The minimum atomic E-state index is -0.466. The maximum absolute atomic E-state index is 12.6. The normalized spacial score (nSPS) is 55.1. The van der Waals surface area contributed by atoms with Gasteiger partial charge in [0.25, 0.3) is 0 Å². The minimum absolute atomic E-state index is 0.125. The van der Waals surface area contributed by atoms with E-state index in [9.17, 15) is 4.79 Å². The zero-order valence-corrected chi connectivity index (χ0v) is 10.7. The van der Waals surface area contributed by atoms with Gasteiger partial charge in [0.2, 0.25) is 0 Å². The molecule has 0 aromatic carbocycles. The zero-order valence-electron chi connectivity index (χ0n) is 10.7. The smallest absolute Gasteiger partial charge is 0.168 e. The van der Waals surface area contributed by atoms with Gasteiger partial charge in [0.1, 0.15) is 5.60 Å². The minimum Gasteiger partial charge on any atom is -0.367 e. The maximum atomic E-state index is 12.6. The lowest BCUT2D eigenvalue weighted by atomic mass is 9.62. The molecule has 16 heavy (non-hydrogen) atoms. The molecule has 2 nitrogen and oxygen atoms in total. The molecule has 3 rings (SSSR count). The summed E-state index contributed by atoms with van der Waals surface area (Å²) in [5.41, 5.74) is -0.341. The van der Waals surface area contributed by atoms with E-state index in [0.717, 1.165) is 6.61 Å². The number of rotatable bonds is 1. The van der Waals surface area contributed by atoms with E-state index in [4.69, 9.17) is 4.74 Å². The van der Waals surface area contributed by atoms with Crippen molar-refractivity contribution in [2.75, 3.05) is 6.61 Å². The number of carbonyl (C=O) groups excluding carboxylic acids is 1. The molecule has 0 amide bonds. The summed E-state index contributed by atoms with van der Waals surface area (Å²) in [5, 5.41) is 0. The molecule has 0 radical (unpaired) electrons. The fourth-order valence-corrected chi connectivity index (χ4v) is 4.62. The first-order valence-corrected chi connectivity index (χ1v) is 6.60. The Hall–Kier alpha value is -0.370. The van der Waals surface area contributed by atoms with E-state index in [1.807, 2.05) is 6.92 Å². The van der Waals surface area contributed by atoms with Gasteiger partial charge in [-0.05, 0) is 31.6 Å². The molecule has 3 aliphatic rings. The lowest BCUT2D eigenvalue weighted by molar-refractivity contribution is -0.148. The first-order valence-electron chi connectivity index (χ1n) is 6.60. The molecule has 2 saturated carbocycles. The van der Waals surface area contributed by atoms with Crippen molar-refractivity contribution in [3.8, 4) is 0 Å². The fraction of sp³-hybridized carbons (Fsp3) is 0.929. The van der Waals surface area contributed by atoms with Gasteiger partial charge in [-0.25, -0.2) is 0 Å².